The zero-order valence-corrected chi connectivity index (χ0v) is 18.2. The van der Waals surface area contributed by atoms with Gasteiger partial charge in [-0.2, -0.15) is 9.61 Å². The number of amidine groups is 2. The van der Waals surface area contributed by atoms with Crippen molar-refractivity contribution < 1.29 is 4.48 Å². The lowest BCUT2D eigenvalue weighted by Crippen LogP contribution is -2.47. The summed E-state index contributed by atoms with van der Waals surface area (Å²) in [6.07, 6.45) is 6.08. The number of nitrogens with zero attached hydrogens (tertiary/aromatic N) is 8. The summed E-state index contributed by atoms with van der Waals surface area (Å²) in [5.74, 6) is 1.91. The Morgan fingerprint density at radius 2 is 2.07 bits per heavy atom. The van der Waals surface area contributed by atoms with Gasteiger partial charge in [0.2, 0.25) is 0 Å². The van der Waals surface area contributed by atoms with Crippen molar-refractivity contribution in [2.45, 2.75) is 12.5 Å². The lowest BCUT2D eigenvalue weighted by Gasteiger charge is -2.31. The van der Waals surface area contributed by atoms with E-state index in [0.717, 1.165) is 29.8 Å². The molecule has 0 spiro atoms. The Bertz CT molecular complexity index is 1080. The molecule has 0 aliphatic carbocycles. The number of dihydropyridines is 1. The average Bonchev–Trinajstić information content (AvgIpc) is 3.31. The highest BCUT2D eigenvalue weighted by atomic mass is 15.4. The van der Waals surface area contributed by atoms with E-state index >= 15 is 0 Å². The molecule has 2 aromatic rings. The first-order valence-electron chi connectivity index (χ1n) is 9.95. The molecule has 1 atom stereocenters. The van der Waals surface area contributed by atoms with Crippen LogP contribution >= 0.6 is 0 Å². The molecule has 1 saturated heterocycles. The van der Waals surface area contributed by atoms with Crippen LogP contribution in [0.25, 0.3) is 5.65 Å². The van der Waals surface area contributed by atoms with Crippen molar-refractivity contribution in [1.82, 2.24) is 19.5 Å². The van der Waals surface area contributed by atoms with Gasteiger partial charge in [0.25, 0.3) is 0 Å². The Hall–Kier alpha value is -3.27. The number of hydrogen-bond donors (Lipinski definition) is 2. The Kier molecular flexibility index (Phi) is 4.81. The fraction of sp³-hybridized carbons (Fsp3) is 0.450. The molecule has 30 heavy (non-hydrogen) atoms. The first kappa shape index (κ1) is 20.0. The molecule has 10 heteroatoms. The highest BCUT2D eigenvalue weighted by Gasteiger charge is 2.35. The molecule has 2 aromatic heterocycles. The maximum atomic E-state index is 8.39. The third-order valence-electron chi connectivity index (χ3n) is 5.62. The summed E-state index contributed by atoms with van der Waals surface area (Å²) < 4.78 is 2.62. The third-order valence-corrected chi connectivity index (χ3v) is 5.62. The van der Waals surface area contributed by atoms with Crippen LogP contribution in [0.15, 0.2) is 40.2 Å². The number of nitrogens with two attached hydrogens (primary N) is 1. The predicted molar refractivity (Wildman–Crippen MR) is 120 cm³/mol. The Labute approximate surface area is 176 Å². The summed E-state index contributed by atoms with van der Waals surface area (Å²) in [5.41, 5.74) is 8.08. The summed E-state index contributed by atoms with van der Waals surface area (Å²) in [5, 5.41) is 12.8. The van der Waals surface area contributed by atoms with Gasteiger partial charge < -0.3 is 20.0 Å². The van der Waals surface area contributed by atoms with E-state index in [4.69, 9.17) is 11.1 Å². The van der Waals surface area contributed by atoms with Crippen LogP contribution in [0, 0.1) is 5.41 Å². The molecule has 2 aliphatic rings. The largest absolute Gasteiger partial charge is 0.396 e. The van der Waals surface area contributed by atoms with Crippen LogP contribution in [-0.2, 0) is 0 Å². The molecule has 10 nitrogen and oxygen atoms in total. The number of aromatic nitrogens is 3. The minimum atomic E-state index is 0.321. The van der Waals surface area contributed by atoms with Crippen LogP contribution in [0.4, 0.5) is 11.5 Å². The normalized spacial score (nSPS) is 21.4. The van der Waals surface area contributed by atoms with Crippen LogP contribution < -0.4 is 10.6 Å². The third kappa shape index (κ3) is 3.54. The molecular weight excluding hydrogens is 380 g/mol. The van der Waals surface area contributed by atoms with E-state index in [0.29, 0.717) is 40.5 Å². The second-order valence-corrected chi connectivity index (χ2v) is 8.85. The molecule has 1 unspecified atom stereocenters. The van der Waals surface area contributed by atoms with Crippen LogP contribution in [0.3, 0.4) is 0 Å². The minimum Gasteiger partial charge on any atom is -0.396 e. The van der Waals surface area contributed by atoms with Gasteiger partial charge in [0, 0.05) is 33.3 Å². The molecule has 0 amide bonds. The Balaban J connectivity index is 1.69. The van der Waals surface area contributed by atoms with Gasteiger partial charge in [0.05, 0.1) is 45.3 Å². The van der Waals surface area contributed by atoms with Gasteiger partial charge in [-0.1, -0.05) is 0 Å². The van der Waals surface area contributed by atoms with Crippen molar-refractivity contribution >= 4 is 34.5 Å². The lowest BCUT2D eigenvalue weighted by molar-refractivity contribution is -0.893. The van der Waals surface area contributed by atoms with E-state index in [1.165, 1.54) is 0 Å². The Morgan fingerprint density at radius 1 is 1.30 bits per heavy atom. The van der Waals surface area contributed by atoms with E-state index in [1.54, 1.807) is 23.0 Å². The first-order chi connectivity index (χ1) is 14.1. The van der Waals surface area contributed by atoms with E-state index < -0.39 is 0 Å². The molecule has 4 heterocycles. The van der Waals surface area contributed by atoms with Gasteiger partial charge in [-0.15, -0.1) is 0 Å². The number of anilines is 1. The maximum absolute atomic E-state index is 8.39. The molecule has 0 aromatic carbocycles. The quantitative estimate of drug-likeness (QED) is 0.731. The van der Waals surface area contributed by atoms with Crippen LogP contribution in [0.5, 0.6) is 0 Å². The van der Waals surface area contributed by atoms with Crippen molar-refractivity contribution in [1.29, 1.82) is 5.41 Å². The van der Waals surface area contributed by atoms with Gasteiger partial charge in [0.15, 0.2) is 17.3 Å². The van der Waals surface area contributed by atoms with Gasteiger partial charge >= 0.3 is 0 Å². The summed E-state index contributed by atoms with van der Waals surface area (Å²) in [6.45, 7) is 1.73. The molecule has 0 bridgehead atoms. The number of fused-ring (bicyclic) bond motifs is 1. The van der Waals surface area contributed by atoms with Crippen LogP contribution in [0.2, 0.25) is 0 Å². The Morgan fingerprint density at radius 3 is 2.73 bits per heavy atom. The molecule has 0 radical (unpaired) electrons. The smallest absolute Gasteiger partial charge is 0.183 e. The second kappa shape index (κ2) is 7.21. The number of quaternary nitrogens is 1. The second-order valence-electron chi connectivity index (χ2n) is 8.85. The molecule has 3 N–H and O–H groups in total. The van der Waals surface area contributed by atoms with E-state index in [2.05, 4.69) is 46.1 Å². The zero-order valence-electron chi connectivity index (χ0n) is 18.2. The number of nitrogens with one attached hydrogen (secondary N) is 1. The first-order valence-corrected chi connectivity index (χ1v) is 9.95. The van der Waals surface area contributed by atoms with E-state index in [1.807, 2.05) is 25.1 Å². The van der Waals surface area contributed by atoms with Gasteiger partial charge in [-0.05, 0) is 12.1 Å². The lowest BCUT2D eigenvalue weighted by atomic mass is 10.2. The topological polar surface area (TPSA) is 111 Å². The fourth-order valence-electron chi connectivity index (χ4n) is 3.81. The molecule has 0 saturated carbocycles. The molecule has 1 fully saturated rings. The fourth-order valence-corrected chi connectivity index (χ4v) is 3.81. The van der Waals surface area contributed by atoms with Crippen molar-refractivity contribution in [2.24, 2.45) is 15.7 Å². The number of aliphatic imine (C=N–C) groups is 2. The molecular formula is C20H29N10+. The van der Waals surface area contributed by atoms with Crippen molar-refractivity contribution in [2.75, 3.05) is 53.2 Å². The van der Waals surface area contributed by atoms with Crippen LogP contribution in [0.1, 0.15) is 6.42 Å². The standard InChI is InChI=1S/C20H29N10/c1-27(2)17-6-8-23-20-16(11-24-29(17)20)25-18-14(21)10-15(22)19(26-18)28-9-7-13(12-28)30(3,4)5/h6,8,10-11,13,22H,7,9,12,21H2,1-5H3/q+1/b22-15?,25-18-. The number of hydrogen-bond acceptors (Lipinski definition) is 7. The minimum absolute atomic E-state index is 0.321. The summed E-state index contributed by atoms with van der Waals surface area (Å²) in [4.78, 5) is 17.9. The number of rotatable bonds is 3. The molecule has 2 aliphatic heterocycles. The van der Waals surface area contributed by atoms with Crippen molar-refractivity contribution in [3.63, 3.8) is 0 Å². The van der Waals surface area contributed by atoms with Gasteiger partial charge in [-0.3, -0.25) is 5.41 Å². The zero-order chi connectivity index (χ0) is 21.6. The van der Waals surface area contributed by atoms with Crippen molar-refractivity contribution in [3.8, 4) is 0 Å². The van der Waals surface area contributed by atoms with Crippen molar-refractivity contribution in [3.05, 3.63) is 30.2 Å². The highest BCUT2D eigenvalue weighted by molar-refractivity contribution is 6.48. The SMILES string of the molecule is CN(C)c1ccnc2c(/N=C3\N=C(N4CCC([N+](C)(C)C)C4)C(=N)C=C3N)cnn12. The molecule has 4 rings (SSSR count). The van der Waals surface area contributed by atoms with E-state index in [-0.39, 0.29) is 0 Å². The molecule has 158 valence electrons. The average molecular weight is 410 g/mol. The number of likely N-dealkylation sites (N-methyl/N-ethyl adjacent to an activating group) is 1. The van der Waals surface area contributed by atoms with Crippen LogP contribution in [-0.4, -0.2) is 95.7 Å². The summed E-state index contributed by atoms with van der Waals surface area (Å²) >= 11 is 0. The monoisotopic (exact) mass is 409 g/mol. The highest BCUT2D eigenvalue weighted by Crippen LogP contribution is 2.24. The predicted octanol–water partition coefficient (Wildman–Crippen LogP) is 0.880. The van der Waals surface area contributed by atoms with E-state index in [9.17, 15) is 0 Å². The summed E-state index contributed by atoms with van der Waals surface area (Å²) in [7, 11) is 10.5. The van der Waals surface area contributed by atoms with Gasteiger partial charge in [-0.25, -0.2) is 15.0 Å². The maximum Gasteiger partial charge on any atom is 0.183 e. The number of likely N-dealkylation sites (tertiary alicyclic amines) is 1. The summed E-state index contributed by atoms with van der Waals surface area (Å²) in [6, 6.07) is 2.39. The van der Waals surface area contributed by atoms with Gasteiger partial charge in [0.1, 0.15) is 17.5 Å².